The fraction of sp³-hybridized carbons (Fsp3) is 0.933. The Morgan fingerprint density at radius 3 is 2.56 bits per heavy atom. The van der Waals surface area contributed by atoms with Crippen molar-refractivity contribution in [3.05, 3.63) is 0 Å². The lowest BCUT2D eigenvalue weighted by molar-refractivity contribution is 0.301. The van der Waals surface area contributed by atoms with Crippen molar-refractivity contribution in [3.8, 4) is 6.07 Å². The molecule has 0 aliphatic heterocycles. The van der Waals surface area contributed by atoms with Gasteiger partial charge in [-0.2, -0.15) is 17.0 Å². The van der Waals surface area contributed by atoms with Gasteiger partial charge in [-0.3, -0.25) is 5.32 Å². The molecule has 0 aromatic carbocycles. The quantitative estimate of drug-likeness (QED) is 0.824. The van der Waals surface area contributed by atoms with Crippen LogP contribution in [0.2, 0.25) is 0 Å². The molecule has 2 rings (SSSR count). The molecule has 2 aliphatic rings. The second kappa shape index (κ2) is 5.84. The van der Waals surface area contributed by atoms with Crippen LogP contribution in [-0.4, -0.2) is 22.1 Å². The maximum atomic E-state index is 9.56. The Balaban J connectivity index is 1.91. The summed E-state index contributed by atoms with van der Waals surface area (Å²) in [6, 6.07) is 3.23. The molecule has 3 atom stereocenters. The van der Waals surface area contributed by atoms with Gasteiger partial charge in [0.25, 0.3) is 0 Å². The van der Waals surface area contributed by atoms with Crippen molar-refractivity contribution in [1.82, 2.24) is 5.32 Å². The standard InChI is InChI=1S/C15H26N2S/c1-11(2)12(3)18-14-5-4-8-15(9-14,10-16)17-13-6-7-13/h11-14,17H,4-9H2,1-3H3. The lowest BCUT2D eigenvalue weighted by Gasteiger charge is -2.37. The van der Waals surface area contributed by atoms with E-state index in [1.165, 1.54) is 25.7 Å². The average molecular weight is 266 g/mol. The van der Waals surface area contributed by atoms with Gasteiger partial charge < -0.3 is 0 Å². The van der Waals surface area contributed by atoms with Crippen molar-refractivity contribution in [3.63, 3.8) is 0 Å². The van der Waals surface area contributed by atoms with E-state index in [-0.39, 0.29) is 5.54 Å². The third kappa shape index (κ3) is 3.65. The molecular formula is C15H26N2S. The molecule has 0 aromatic rings. The number of hydrogen-bond acceptors (Lipinski definition) is 3. The molecule has 0 bridgehead atoms. The SMILES string of the molecule is CC(C)C(C)SC1CCCC(C#N)(NC2CC2)C1. The molecule has 1 N–H and O–H groups in total. The van der Waals surface area contributed by atoms with Crippen LogP contribution < -0.4 is 5.32 Å². The summed E-state index contributed by atoms with van der Waals surface area (Å²) in [7, 11) is 0. The van der Waals surface area contributed by atoms with Crippen molar-refractivity contribution < 1.29 is 0 Å². The van der Waals surface area contributed by atoms with E-state index < -0.39 is 0 Å². The summed E-state index contributed by atoms with van der Waals surface area (Å²) in [5.74, 6) is 0.727. The summed E-state index contributed by atoms with van der Waals surface area (Å²) >= 11 is 2.10. The summed E-state index contributed by atoms with van der Waals surface area (Å²) in [6.07, 6.45) is 7.12. The van der Waals surface area contributed by atoms with Gasteiger partial charge in [0.05, 0.1) is 6.07 Å². The van der Waals surface area contributed by atoms with Crippen LogP contribution in [0.15, 0.2) is 0 Å². The van der Waals surface area contributed by atoms with Crippen molar-refractivity contribution in [2.24, 2.45) is 5.92 Å². The van der Waals surface area contributed by atoms with Crippen molar-refractivity contribution in [2.75, 3.05) is 0 Å². The van der Waals surface area contributed by atoms with E-state index in [1.54, 1.807) is 0 Å². The molecule has 0 spiro atoms. The molecule has 102 valence electrons. The maximum Gasteiger partial charge on any atom is 0.108 e. The molecule has 2 aliphatic carbocycles. The highest BCUT2D eigenvalue weighted by Crippen LogP contribution is 2.39. The van der Waals surface area contributed by atoms with E-state index >= 15 is 0 Å². The molecule has 0 radical (unpaired) electrons. The maximum absolute atomic E-state index is 9.56. The summed E-state index contributed by atoms with van der Waals surface area (Å²) in [5, 5.41) is 14.5. The van der Waals surface area contributed by atoms with E-state index in [2.05, 4.69) is 43.9 Å². The number of nitrogens with zero attached hydrogens (tertiary/aromatic N) is 1. The van der Waals surface area contributed by atoms with Crippen molar-refractivity contribution in [1.29, 1.82) is 5.26 Å². The molecule has 0 heterocycles. The minimum atomic E-state index is -0.215. The summed E-state index contributed by atoms with van der Waals surface area (Å²) in [5.41, 5.74) is -0.215. The number of thioether (sulfide) groups is 1. The molecule has 2 nitrogen and oxygen atoms in total. The van der Waals surface area contributed by atoms with Gasteiger partial charge in [-0.1, -0.05) is 20.8 Å². The molecule has 0 amide bonds. The predicted molar refractivity (Wildman–Crippen MR) is 78.6 cm³/mol. The predicted octanol–water partition coefficient (Wildman–Crippen LogP) is 3.72. The van der Waals surface area contributed by atoms with Crippen LogP contribution in [0.1, 0.15) is 59.3 Å². The van der Waals surface area contributed by atoms with E-state index in [0.29, 0.717) is 16.5 Å². The zero-order valence-electron chi connectivity index (χ0n) is 11.9. The van der Waals surface area contributed by atoms with Crippen molar-refractivity contribution >= 4 is 11.8 Å². The molecule has 3 heteroatoms. The van der Waals surface area contributed by atoms with Crippen molar-refractivity contribution in [2.45, 2.75) is 81.4 Å². The van der Waals surface area contributed by atoms with Crippen LogP contribution in [0.25, 0.3) is 0 Å². The number of hydrogen-bond donors (Lipinski definition) is 1. The van der Waals surface area contributed by atoms with E-state index in [4.69, 9.17) is 0 Å². The van der Waals surface area contributed by atoms with Crippen LogP contribution in [-0.2, 0) is 0 Å². The topological polar surface area (TPSA) is 35.8 Å². The second-order valence-corrected chi connectivity index (χ2v) is 8.10. The first-order chi connectivity index (χ1) is 8.54. The highest BCUT2D eigenvalue weighted by molar-refractivity contribution is 8.00. The van der Waals surface area contributed by atoms with Crippen LogP contribution in [0.3, 0.4) is 0 Å². The lowest BCUT2D eigenvalue weighted by Crippen LogP contribution is -2.49. The molecular weight excluding hydrogens is 240 g/mol. The third-order valence-electron chi connectivity index (χ3n) is 4.32. The Labute approximate surface area is 116 Å². The van der Waals surface area contributed by atoms with Gasteiger partial charge in [-0.25, -0.2) is 0 Å². The smallest absolute Gasteiger partial charge is 0.108 e. The molecule has 0 saturated heterocycles. The van der Waals surface area contributed by atoms with Gasteiger partial charge in [-0.05, 0) is 44.4 Å². The van der Waals surface area contributed by atoms with E-state index in [0.717, 1.165) is 18.8 Å². The molecule has 3 unspecified atom stereocenters. The monoisotopic (exact) mass is 266 g/mol. The van der Waals surface area contributed by atoms with Gasteiger partial charge in [0.1, 0.15) is 5.54 Å². The first-order valence-electron chi connectivity index (χ1n) is 7.39. The molecule has 0 aromatic heterocycles. The Bertz CT molecular complexity index is 319. The van der Waals surface area contributed by atoms with Gasteiger partial charge in [-0.15, -0.1) is 0 Å². The fourth-order valence-corrected chi connectivity index (χ4v) is 4.29. The average Bonchev–Trinajstić information content (AvgIpc) is 3.13. The lowest BCUT2D eigenvalue weighted by atomic mass is 9.82. The fourth-order valence-electron chi connectivity index (χ4n) is 2.68. The van der Waals surface area contributed by atoms with Gasteiger partial charge in [0.15, 0.2) is 0 Å². The van der Waals surface area contributed by atoms with Gasteiger partial charge >= 0.3 is 0 Å². The molecule has 2 fully saturated rings. The molecule has 2 saturated carbocycles. The first-order valence-corrected chi connectivity index (χ1v) is 8.33. The van der Waals surface area contributed by atoms with E-state index in [9.17, 15) is 5.26 Å². The third-order valence-corrected chi connectivity index (χ3v) is 6.08. The normalized spacial score (nSPS) is 34.3. The highest BCUT2D eigenvalue weighted by Gasteiger charge is 2.40. The first kappa shape index (κ1) is 14.2. The Hall–Kier alpha value is -0.200. The summed E-state index contributed by atoms with van der Waals surface area (Å²) in [4.78, 5) is 0. The largest absolute Gasteiger partial charge is 0.297 e. The van der Waals surface area contributed by atoms with E-state index in [1.807, 2.05) is 0 Å². The van der Waals surface area contributed by atoms with Gasteiger partial charge in [0.2, 0.25) is 0 Å². The Morgan fingerprint density at radius 1 is 1.28 bits per heavy atom. The summed E-state index contributed by atoms with van der Waals surface area (Å²) in [6.45, 7) is 6.91. The zero-order chi connectivity index (χ0) is 13.2. The highest BCUT2D eigenvalue weighted by atomic mass is 32.2. The Morgan fingerprint density at radius 2 is 2.00 bits per heavy atom. The zero-order valence-corrected chi connectivity index (χ0v) is 12.7. The van der Waals surface area contributed by atoms with Crippen LogP contribution in [0, 0.1) is 17.2 Å². The van der Waals surface area contributed by atoms with Crippen LogP contribution >= 0.6 is 11.8 Å². The number of nitrogens with one attached hydrogen (secondary N) is 1. The van der Waals surface area contributed by atoms with Crippen LogP contribution in [0.4, 0.5) is 0 Å². The van der Waals surface area contributed by atoms with Crippen LogP contribution in [0.5, 0.6) is 0 Å². The second-order valence-electron chi connectivity index (χ2n) is 6.42. The summed E-state index contributed by atoms with van der Waals surface area (Å²) < 4.78 is 0. The minimum absolute atomic E-state index is 0.215. The van der Waals surface area contributed by atoms with Gasteiger partial charge in [0, 0.05) is 16.5 Å². The molecule has 18 heavy (non-hydrogen) atoms. The number of nitriles is 1. The Kier molecular flexibility index (Phi) is 4.61. The number of rotatable bonds is 5. The minimum Gasteiger partial charge on any atom is -0.297 e.